The number of rotatable bonds is 8. The van der Waals surface area contributed by atoms with E-state index in [-0.39, 0.29) is 5.41 Å². The number of hydrogen-bond acceptors (Lipinski definition) is 2. The van der Waals surface area contributed by atoms with Gasteiger partial charge < -0.3 is 9.32 Å². The zero-order valence-corrected chi connectivity index (χ0v) is 40.2. The van der Waals surface area contributed by atoms with Gasteiger partial charge >= 0.3 is 0 Å². The van der Waals surface area contributed by atoms with E-state index >= 15 is 0 Å². The molecule has 2 aliphatic rings. The predicted molar refractivity (Wildman–Crippen MR) is 300 cm³/mol. The molecular formula is C70H49NO. The van der Waals surface area contributed by atoms with E-state index in [4.69, 9.17) is 4.42 Å². The van der Waals surface area contributed by atoms with Crippen molar-refractivity contribution in [2.75, 3.05) is 4.90 Å². The Labute approximate surface area is 420 Å². The summed E-state index contributed by atoms with van der Waals surface area (Å²) in [7, 11) is 0. The lowest BCUT2D eigenvalue weighted by Gasteiger charge is -2.33. The summed E-state index contributed by atoms with van der Waals surface area (Å²) in [6, 6.07) is 96.0. The molecule has 11 aromatic carbocycles. The second-order valence-electron chi connectivity index (χ2n) is 20.0. The van der Waals surface area contributed by atoms with Crippen LogP contribution >= 0.6 is 0 Å². The summed E-state index contributed by atoms with van der Waals surface area (Å²) in [6.45, 7) is 4.71. The molecule has 2 aliphatic carbocycles. The van der Waals surface area contributed by atoms with Crippen LogP contribution in [0.5, 0.6) is 0 Å². The van der Waals surface area contributed by atoms with Crippen LogP contribution in [0.3, 0.4) is 0 Å². The van der Waals surface area contributed by atoms with Gasteiger partial charge in [0.1, 0.15) is 11.2 Å². The largest absolute Gasteiger partial charge is 0.456 e. The molecular weight excluding hydrogens is 871 g/mol. The number of furan rings is 1. The summed E-state index contributed by atoms with van der Waals surface area (Å²) in [4.78, 5) is 2.41. The summed E-state index contributed by atoms with van der Waals surface area (Å²) in [5.74, 6) is 0. The zero-order chi connectivity index (χ0) is 48.0. The fourth-order valence-electron chi connectivity index (χ4n) is 12.3. The molecule has 2 nitrogen and oxygen atoms in total. The van der Waals surface area contributed by atoms with Crippen molar-refractivity contribution in [1.82, 2.24) is 0 Å². The molecule has 0 saturated carbocycles. The van der Waals surface area contributed by atoms with Crippen LogP contribution in [0.1, 0.15) is 47.2 Å². The Morgan fingerprint density at radius 2 is 0.792 bits per heavy atom. The Morgan fingerprint density at radius 1 is 0.292 bits per heavy atom. The van der Waals surface area contributed by atoms with Crippen molar-refractivity contribution >= 4 is 39.0 Å². The molecule has 0 atom stereocenters. The van der Waals surface area contributed by atoms with Gasteiger partial charge in [0, 0.05) is 33.2 Å². The van der Waals surface area contributed by atoms with Crippen molar-refractivity contribution in [2.24, 2.45) is 0 Å². The average Bonchev–Trinajstić information content (AvgIpc) is 4.05. The molecule has 0 fully saturated rings. The number of para-hydroxylation sites is 1. The molecule has 0 spiro atoms. The Bertz CT molecular complexity index is 4010. The maximum atomic E-state index is 6.30. The van der Waals surface area contributed by atoms with E-state index in [0.717, 1.165) is 55.7 Å². The smallest absolute Gasteiger partial charge is 0.136 e. The maximum absolute atomic E-state index is 6.30. The summed E-state index contributed by atoms with van der Waals surface area (Å²) < 4.78 is 6.30. The van der Waals surface area contributed by atoms with Crippen molar-refractivity contribution in [1.29, 1.82) is 0 Å². The van der Waals surface area contributed by atoms with Crippen molar-refractivity contribution < 1.29 is 4.42 Å². The van der Waals surface area contributed by atoms with Crippen LogP contribution in [-0.4, -0.2) is 0 Å². The monoisotopic (exact) mass is 919 g/mol. The third-order valence-electron chi connectivity index (χ3n) is 15.8. The van der Waals surface area contributed by atoms with Gasteiger partial charge in [0.05, 0.1) is 5.41 Å². The van der Waals surface area contributed by atoms with Crippen molar-refractivity contribution in [2.45, 2.75) is 24.7 Å². The zero-order valence-electron chi connectivity index (χ0n) is 40.2. The summed E-state index contributed by atoms with van der Waals surface area (Å²) in [5.41, 5.74) is 24.7. The highest BCUT2D eigenvalue weighted by molar-refractivity contribution is 6.06. The molecule has 14 rings (SSSR count). The van der Waals surface area contributed by atoms with Crippen LogP contribution in [0.25, 0.3) is 77.6 Å². The molecule has 0 N–H and O–H groups in total. The molecule has 12 aromatic rings. The second-order valence-corrected chi connectivity index (χ2v) is 20.0. The molecule has 0 amide bonds. The van der Waals surface area contributed by atoms with Crippen LogP contribution in [0.2, 0.25) is 0 Å². The van der Waals surface area contributed by atoms with Gasteiger partial charge in [0.15, 0.2) is 0 Å². The lowest BCUT2D eigenvalue weighted by molar-refractivity contribution is 0.660. The van der Waals surface area contributed by atoms with E-state index in [1.165, 1.54) is 72.3 Å². The molecule has 0 unspecified atom stereocenters. The van der Waals surface area contributed by atoms with Crippen molar-refractivity contribution in [3.63, 3.8) is 0 Å². The number of benzene rings is 11. The number of nitrogens with zero attached hydrogens (tertiary/aromatic N) is 1. The maximum Gasteiger partial charge on any atom is 0.136 e. The van der Waals surface area contributed by atoms with Gasteiger partial charge in [0.2, 0.25) is 0 Å². The molecule has 340 valence electrons. The first-order chi connectivity index (χ1) is 35.4. The van der Waals surface area contributed by atoms with Crippen LogP contribution in [0, 0.1) is 0 Å². The third kappa shape index (κ3) is 6.42. The quantitative estimate of drug-likeness (QED) is 0.151. The van der Waals surface area contributed by atoms with Gasteiger partial charge in [-0.1, -0.05) is 214 Å². The lowest BCUT2D eigenvalue weighted by atomic mass is 9.67. The molecule has 1 aromatic heterocycles. The molecule has 72 heavy (non-hydrogen) atoms. The molecule has 0 bridgehead atoms. The first-order valence-corrected chi connectivity index (χ1v) is 25.1. The molecule has 2 heteroatoms. The summed E-state index contributed by atoms with van der Waals surface area (Å²) in [5, 5.41) is 2.28. The number of anilines is 3. The SMILES string of the molecule is CC1(C)c2ccccc2-c2ccc(N(c3ccc(-c4ccc5c(c4)oc4ccccc45)cc3)c3cccc(-c4ccc(-c5ccc6c(c5)-c5ccccc5C6(c5ccccc5)c5ccccc5)cc4)c3)cc21. The fourth-order valence-corrected chi connectivity index (χ4v) is 12.3. The van der Waals surface area contributed by atoms with Gasteiger partial charge in [-0.25, -0.2) is 0 Å². The second kappa shape index (κ2) is 16.3. The van der Waals surface area contributed by atoms with Crippen LogP contribution in [-0.2, 0) is 10.8 Å². The normalized spacial score (nSPS) is 13.6. The third-order valence-corrected chi connectivity index (χ3v) is 15.8. The summed E-state index contributed by atoms with van der Waals surface area (Å²) in [6.07, 6.45) is 0. The highest BCUT2D eigenvalue weighted by Gasteiger charge is 2.46. The van der Waals surface area contributed by atoms with Crippen LogP contribution in [0.4, 0.5) is 17.1 Å². The average molecular weight is 920 g/mol. The van der Waals surface area contributed by atoms with Gasteiger partial charge in [-0.05, 0) is 150 Å². The summed E-state index contributed by atoms with van der Waals surface area (Å²) >= 11 is 0. The topological polar surface area (TPSA) is 16.4 Å². The van der Waals surface area contributed by atoms with E-state index < -0.39 is 5.41 Å². The van der Waals surface area contributed by atoms with Crippen LogP contribution in [0.15, 0.2) is 265 Å². The first kappa shape index (κ1) is 41.9. The molecule has 1 heterocycles. The highest BCUT2D eigenvalue weighted by Crippen LogP contribution is 2.57. The fraction of sp³-hybridized carbons (Fsp3) is 0.0571. The minimum absolute atomic E-state index is 0.133. The Hall–Kier alpha value is -8.98. The van der Waals surface area contributed by atoms with Gasteiger partial charge in [-0.3, -0.25) is 0 Å². The van der Waals surface area contributed by atoms with E-state index in [2.05, 4.69) is 267 Å². The predicted octanol–water partition coefficient (Wildman–Crippen LogP) is 18.7. The van der Waals surface area contributed by atoms with E-state index in [1.54, 1.807) is 0 Å². The minimum Gasteiger partial charge on any atom is -0.456 e. The Balaban J connectivity index is 0.831. The Morgan fingerprint density at radius 3 is 1.51 bits per heavy atom. The van der Waals surface area contributed by atoms with Crippen molar-refractivity contribution in [3.8, 4) is 55.6 Å². The lowest BCUT2D eigenvalue weighted by Crippen LogP contribution is -2.28. The molecule has 0 aliphatic heterocycles. The van der Waals surface area contributed by atoms with Gasteiger partial charge in [-0.15, -0.1) is 0 Å². The number of hydrogen-bond donors (Lipinski definition) is 0. The van der Waals surface area contributed by atoms with Gasteiger partial charge in [-0.2, -0.15) is 0 Å². The number of fused-ring (bicyclic) bond motifs is 9. The minimum atomic E-state index is -0.413. The van der Waals surface area contributed by atoms with Gasteiger partial charge in [0.25, 0.3) is 0 Å². The van der Waals surface area contributed by atoms with E-state index in [0.29, 0.717) is 0 Å². The highest BCUT2D eigenvalue weighted by atomic mass is 16.3. The van der Waals surface area contributed by atoms with E-state index in [9.17, 15) is 0 Å². The Kier molecular flexibility index (Phi) is 9.50. The molecule has 0 saturated heterocycles. The first-order valence-electron chi connectivity index (χ1n) is 25.1. The standard InChI is InChI=1S/C70H49NO/c1-69(2)63-25-12-9-22-57(63)59-40-38-56(45-66(59)69)71(54-36-32-48(33-37-54)51-34-39-61-60-24-11-14-27-67(60)72-68(61)44-51)55-21-15-16-49(42-55)46-28-30-47(31-29-46)50-35-41-65-62(43-50)58-23-10-13-26-64(58)70(65,52-17-5-3-6-18-52)53-19-7-4-8-20-53/h3-45H,1-2H3. The van der Waals surface area contributed by atoms with E-state index in [1.807, 2.05) is 12.1 Å². The van der Waals surface area contributed by atoms with Crippen molar-refractivity contribution in [3.05, 3.63) is 294 Å². The van der Waals surface area contributed by atoms with Crippen LogP contribution < -0.4 is 4.90 Å². The molecule has 0 radical (unpaired) electrons.